The summed E-state index contributed by atoms with van der Waals surface area (Å²) in [5.74, 6) is -5.71. The number of carbonyl (C=O) groups is 2. The molecular formula is C21H27F3N4O6S. The molecule has 0 bridgehead atoms. The zero-order chi connectivity index (χ0) is 26.0. The van der Waals surface area contributed by atoms with Gasteiger partial charge in [-0.05, 0) is 49.5 Å². The van der Waals surface area contributed by atoms with Gasteiger partial charge in [-0.3, -0.25) is 10.2 Å². The van der Waals surface area contributed by atoms with Gasteiger partial charge in [-0.25, -0.2) is 22.8 Å². The van der Waals surface area contributed by atoms with Gasteiger partial charge in [0.1, 0.15) is 17.4 Å². The smallest absolute Gasteiger partial charge is 0.344 e. The summed E-state index contributed by atoms with van der Waals surface area (Å²) in [7, 11) is 0. The SMILES string of the molecule is Cc1cc(F)c(COc2nsc(NC(=O)NCCCCN(CCO)CCO)c2C(=O)O)c(F)c1F. The third-order valence-electron chi connectivity index (χ3n) is 4.91. The van der Waals surface area contributed by atoms with Crippen LogP contribution in [0.2, 0.25) is 0 Å². The number of hydrogen-bond acceptors (Lipinski definition) is 8. The Morgan fingerprint density at radius 3 is 2.43 bits per heavy atom. The number of aromatic carboxylic acids is 1. The van der Waals surface area contributed by atoms with Gasteiger partial charge >= 0.3 is 12.0 Å². The third kappa shape index (κ3) is 8.06. The van der Waals surface area contributed by atoms with Crippen molar-refractivity contribution in [1.29, 1.82) is 0 Å². The number of halogens is 3. The normalized spacial score (nSPS) is 11.1. The van der Waals surface area contributed by atoms with E-state index in [0.29, 0.717) is 44.0 Å². The van der Waals surface area contributed by atoms with Crippen LogP contribution in [0.4, 0.5) is 23.0 Å². The maximum absolute atomic E-state index is 14.0. The number of aliphatic hydroxyl groups is 2. The van der Waals surface area contributed by atoms with Gasteiger partial charge in [-0.1, -0.05) is 0 Å². The number of unbranched alkanes of at least 4 members (excludes halogenated alkanes) is 1. The minimum Gasteiger partial charge on any atom is -0.477 e. The van der Waals surface area contributed by atoms with Gasteiger partial charge in [0.25, 0.3) is 0 Å². The summed E-state index contributed by atoms with van der Waals surface area (Å²) < 4.78 is 50.7. The number of benzene rings is 1. The number of nitrogens with one attached hydrogen (secondary N) is 2. The van der Waals surface area contributed by atoms with Crippen molar-refractivity contribution >= 4 is 28.5 Å². The molecule has 10 nitrogen and oxygen atoms in total. The third-order valence-corrected chi connectivity index (χ3v) is 5.66. The van der Waals surface area contributed by atoms with Crippen molar-refractivity contribution in [3.8, 4) is 5.88 Å². The van der Waals surface area contributed by atoms with Crippen LogP contribution in [0.3, 0.4) is 0 Å². The molecule has 194 valence electrons. The number of hydrogen-bond donors (Lipinski definition) is 5. The van der Waals surface area contributed by atoms with E-state index in [1.807, 2.05) is 4.90 Å². The summed E-state index contributed by atoms with van der Waals surface area (Å²) in [5.41, 5.74) is -1.46. The molecule has 0 atom stereocenters. The number of aryl methyl sites for hydroxylation is 1. The molecule has 0 unspecified atom stereocenters. The van der Waals surface area contributed by atoms with Gasteiger partial charge in [0, 0.05) is 19.6 Å². The number of carboxylic acids is 1. The summed E-state index contributed by atoms with van der Waals surface area (Å²) in [5, 5.41) is 32.2. The number of urea groups is 1. The molecule has 0 aliphatic carbocycles. The van der Waals surface area contributed by atoms with E-state index in [1.165, 1.54) is 6.92 Å². The molecule has 5 N–H and O–H groups in total. The van der Waals surface area contributed by atoms with E-state index in [9.17, 15) is 27.9 Å². The standard InChI is InChI=1S/C21H27F3N4O6S/c1-12-10-14(22)13(17(24)16(12)23)11-34-18-15(20(31)32)19(35-27-18)26-21(33)25-4-2-3-5-28(6-8-29)7-9-30/h10,29-30H,2-9,11H2,1H3,(H,31,32)(H2,25,26,33). The van der Waals surface area contributed by atoms with E-state index in [0.717, 1.165) is 6.07 Å². The molecular weight excluding hydrogens is 493 g/mol. The molecule has 0 radical (unpaired) electrons. The van der Waals surface area contributed by atoms with E-state index in [2.05, 4.69) is 15.0 Å². The maximum Gasteiger partial charge on any atom is 0.344 e. The lowest BCUT2D eigenvalue weighted by atomic mass is 10.1. The summed E-state index contributed by atoms with van der Waals surface area (Å²) >= 11 is 0.597. The number of rotatable bonds is 14. The van der Waals surface area contributed by atoms with E-state index < -0.39 is 53.1 Å². The lowest BCUT2D eigenvalue weighted by Gasteiger charge is -2.19. The first kappa shape index (κ1) is 28.3. The summed E-state index contributed by atoms with van der Waals surface area (Å²) in [6, 6.07) is 0.104. The van der Waals surface area contributed by atoms with Crippen molar-refractivity contribution in [2.24, 2.45) is 0 Å². The average molecular weight is 521 g/mol. The average Bonchev–Trinajstić information content (AvgIpc) is 3.20. The van der Waals surface area contributed by atoms with Crippen molar-refractivity contribution in [2.75, 3.05) is 44.7 Å². The first-order chi connectivity index (χ1) is 16.7. The molecule has 0 saturated carbocycles. The largest absolute Gasteiger partial charge is 0.477 e. The fourth-order valence-corrected chi connectivity index (χ4v) is 3.82. The minimum absolute atomic E-state index is 0.0289. The lowest BCUT2D eigenvalue weighted by molar-refractivity contribution is 0.0692. The Bertz CT molecular complexity index is 1020. The van der Waals surface area contributed by atoms with Crippen LogP contribution < -0.4 is 15.4 Å². The van der Waals surface area contributed by atoms with Crippen molar-refractivity contribution in [3.63, 3.8) is 0 Å². The highest BCUT2D eigenvalue weighted by atomic mass is 32.1. The van der Waals surface area contributed by atoms with Crippen LogP contribution in [-0.4, -0.2) is 76.0 Å². The summed E-state index contributed by atoms with van der Waals surface area (Å²) in [6.45, 7) is 2.09. The monoisotopic (exact) mass is 520 g/mol. The Balaban J connectivity index is 1.93. The number of aromatic nitrogens is 1. The zero-order valence-corrected chi connectivity index (χ0v) is 19.8. The second kappa shape index (κ2) is 13.8. The molecule has 1 heterocycles. The quantitative estimate of drug-likeness (QED) is 0.189. The van der Waals surface area contributed by atoms with Gasteiger partial charge in [0.05, 0.1) is 18.8 Å². The Labute approximate surface area is 203 Å². The van der Waals surface area contributed by atoms with Crippen LogP contribution in [0.25, 0.3) is 0 Å². The number of nitrogens with zero attached hydrogens (tertiary/aromatic N) is 2. The number of aliphatic hydroxyl groups excluding tert-OH is 2. The van der Waals surface area contributed by atoms with Crippen molar-refractivity contribution < 1.29 is 42.8 Å². The van der Waals surface area contributed by atoms with Gasteiger partial charge < -0.3 is 25.4 Å². The predicted octanol–water partition coefficient (Wildman–Crippen LogP) is 2.33. The van der Waals surface area contributed by atoms with Crippen LogP contribution >= 0.6 is 11.5 Å². The molecule has 1 aromatic heterocycles. The molecule has 35 heavy (non-hydrogen) atoms. The Hall–Kier alpha value is -2.94. The number of amides is 2. The lowest BCUT2D eigenvalue weighted by Crippen LogP contribution is -2.32. The number of ether oxygens (including phenoxy) is 1. The molecule has 0 aliphatic heterocycles. The van der Waals surface area contributed by atoms with Gasteiger partial charge in [0.15, 0.2) is 17.2 Å². The highest BCUT2D eigenvalue weighted by Gasteiger charge is 2.25. The summed E-state index contributed by atoms with van der Waals surface area (Å²) in [6.07, 6.45) is 1.28. The highest BCUT2D eigenvalue weighted by Crippen LogP contribution is 2.31. The molecule has 0 aliphatic rings. The second-order valence-corrected chi connectivity index (χ2v) is 8.22. The molecule has 0 saturated heterocycles. The number of anilines is 1. The Morgan fingerprint density at radius 2 is 1.80 bits per heavy atom. The first-order valence-electron chi connectivity index (χ1n) is 10.7. The van der Waals surface area contributed by atoms with Gasteiger partial charge in [0.2, 0.25) is 5.88 Å². The van der Waals surface area contributed by atoms with Gasteiger partial charge in [-0.15, -0.1) is 0 Å². The predicted molar refractivity (Wildman–Crippen MR) is 121 cm³/mol. The molecule has 2 aromatic rings. The van der Waals surface area contributed by atoms with Crippen molar-refractivity contribution in [3.05, 3.63) is 40.2 Å². The molecule has 2 amide bonds. The molecule has 0 fully saturated rings. The van der Waals surface area contributed by atoms with Crippen LogP contribution in [0.5, 0.6) is 5.88 Å². The van der Waals surface area contributed by atoms with E-state index >= 15 is 0 Å². The topological polar surface area (TPSA) is 144 Å². The molecule has 2 rings (SSSR count). The zero-order valence-electron chi connectivity index (χ0n) is 18.9. The Kier molecular flexibility index (Phi) is 11.2. The van der Waals surface area contributed by atoms with E-state index in [-0.39, 0.29) is 30.3 Å². The minimum atomic E-state index is -1.49. The highest BCUT2D eigenvalue weighted by molar-refractivity contribution is 7.11. The van der Waals surface area contributed by atoms with Crippen LogP contribution in [0.1, 0.15) is 34.3 Å². The second-order valence-electron chi connectivity index (χ2n) is 7.44. The summed E-state index contributed by atoms with van der Waals surface area (Å²) in [4.78, 5) is 25.7. The fraction of sp³-hybridized carbons (Fsp3) is 0.476. The van der Waals surface area contributed by atoms with E-state index in [1.54, 1.807) is 0 Å². The first-order valence-corrected chi connectivity index (χ1v) is 11.4. The van der Waals surface area contributed by atoms with Crippen LogP contribution in [0.15, 0.2) is 6.07 Å². The van der Waals surface area contributed by atoms with Gasteiger partial charge in [-0.2, -0.15) is 4.37 Å². The fourth-order valence-electron chi connectivity index (χ4n) is 3.10. The van der Waals surface area contributed by atoms with E-state index in [4.69, 9.17) is 14.9 Å². The number of carboxylic acid groups (broad SMARTS) is 1. The molecule has 1 aromatic carbocycles. The molecule has 0 spiro atoms. The Morgan fingerprint density at radius 1 is 1.11 bits per heavy atom. The van der Waals surface area contributed by atoms with Crippen molar-refractivity contribution in [1.82, 2.24) is 14.6 Å². The number of carbonyl (C=O) groups excluding carboxylic acids is 1. The molecule has 14 heteroatoms. The van der Waals surface area contributed by atoms with Crippen LogP contribution in [0, 0.1) is 24.4 Å². The van der Waals surface area contributed by atoms with Crippen LogP contribution in [-0.2, 0) is 6.61 Å². The van der Waals surface area contributed by atoms with Crippen molar-refractivity contribution in [2.45, 2.75) is 26.4 Å². The maximum atomic E-state index is 14.0.